The van der Waals surface area contributed by atoms with Gasteiger partial charge in [0.25, 0.3) is 0 Å². The number of methoxy groups -OCH3 is 1. The second-order valence-corrected chi connectivity index (χ2v) is 8.45. The number of halogens is 3. The smallest absolute Gasteiger partial charge is 0.416 e. The fourth-order valence-corrected chi connectivity index (χ4v) is 3.94. The molecule has 30 heavy (non-hydrogen) atoms. The third-order valence-corrected chi connectivity index (χ3v) is 5.83. The van der Waals surface area contributed by atoms with Crippen molar-refractivity contribution in [3.05, 3.63) is 48.0 Å². The Morgan fingerprint density at radius 3 is 2.37 bits per heavy atom. The minimum absolute atomic E-state index is 0.0286. The molecule has 2 aromatic rings. The van der Waals surface area contributed by atoms with Gasteiger partial charge in [-0.3, -0.25) is 4.79 Å². The van der Waals surface area contributed by atoms with E-state index in [1.165, 1.54) is 25.3 Å². The molecular weight excluding hydrogens is 423 g/mol. The van der Waals surface area contributed by atoms with Gasteiger partial charge in [0, 0.05) is 11.7 Å². The first-order valence-electron chi connectivity index (χ1n) is 9.00. The lowest BCUT2D eigenvalue weighted by atomic mass is 10.2. The van der Waals surface area contributed by atoms with E-state index in [4.69, 9.17) is 4.74 Å². The van der Waals surface area contributed by atoms with E-state index in [2.05, 4.69) is 15.4 Å². The van der Waals surface area contributed by atoms with Crippen molar-refractivity contribution in [2.45, 2.75) is 30.0 Å². The van der Waals surface area contributed by atoms with Crippen LogP contribution in [-0.2, 0) is 21.0 Å². The number of amides is 1. The molecule has 0 saturated heterocycles. The average Bonchev–Trinajstić information content (AvgIpc) is 3.49. The Hall–Kier alpha value is -2.79. The molecule has 7 nitrogen and oxygen atoms in total. The van der Waals surface area contributed by atoms with E-state index in [-0.39, 0.29) is 23.2 Å². The van der Waals surface area contributed by atoms with E-state index in [9.17, 15) is 26.4 Å². The normalized spacial score (nSPS) is 14.3. The number of rotatable bonds is 8. The van der Waals surface area contributed by atoms with Crippen LogP contribution in [-0.4, -0.2) is 34.0 Å². The van der Waals surface area contributed by atoms with Crippen LogP contribution in [0.5, 0.6) is 5.75 Å². The summed E-state index contributed by atoms with van der Waals surface area (Å²) in [5.74, 6) is -0.191. The number of carbonyl (C=O) groups excluding carboxylic acids is 1. The number of hydrogen-bond donors (Lipinski definition) is 3. The molecule has 1 aliphatic carbocycles. The third-order valence-electron chi connectivity index (χ3n) is 4.32. The van der Waals surface area contributed by atoms with Gasteiger partial charge in [0.15, 0.2) is 0 Å². The van der Waals surface area contributed by atoms with Crippen LogP contribution in [0.4, 0.5) is 24.5 Å². The first-order chi connectivity index (χ1) is 14.1. The van der Waals surface area contributed by atoms with Gasteiger partial charge < -0.3 is 15.4 Å². The molecule has 3 N–H and O–H groups in total. The van der Waals surface area contributed by atoms with Crippen LogP contribution >= 0.6 is 0 Å². The van der Waals surface area contributed by atoms with Crippen molar-refractivity contribution in [3.8, 4) is 5.75 Å². The van der Waals surface area contributed by atoms with Crippen LogP contribution < -0.4 is 20.1 Å². The van der Waals surface area contributed by atoms with Gasteiger partial charge in [-0.1, -0.05) is 0 Å². The monoisotopic (exact) mass is 443 g/mol. The van der Waals surface area contributed by atoms with E-state index in [1.807, 2.05) is 0 Å². The van der Waals surface area contributed by atoms with Gasteiger partial charge in [-0.2, -0.15) is 13.2 Å². The molecule has 0 heterocycles. The molecule has 0 bridgehead atoms. The summed E-state index contributed by atoms with van der Waals surface area (Å²) in [5, 5.41) is 5.26. The predicted octanol–water partition coefficient (Wildman–Crippen LogP) is 3.21. The predicted molar refractivity (Wildman–Crippen MR) is 105 cm³/mol. The number of benzene rings is 2. The van der Waals surface area contributed by atoms with E-state index in [0.29, 0.717) is 11.4 Å². The second kappa shape index (κ2) is 8.52. The van der Waals surface area contributed by atoms with E-state index in [1.54, 1.807) is 0 Å². The summed E-state index contributed by atoms with van der Waals surface area (Å²) in [6.07, 6.45) is -2.87. The van der Waals surface area contributed by atoms with Crippen LogP contribution in [0, 0.1) is 0 Å². The van der Waals surface area contributed by atoms with E-state index >= 15 is 0 Å². The van der Waals surface area contributed by atoms with Gasteiger partial charge in [0.2, 0.25) is 15.9 Å². The molecule has 11 heteroatoms. The Balaban J connectivity index is 1.65. The third kappa shape index (κ3) is 5.63. The van der Waals surface area contributed by atoms with E-state index in [0.717, 1.165) is 37.1 Å². The highest BCUT2D eigenvalue weighted by Gasteiger charge is 2.30. The number of alkyl halides is 3. The average molecular weight is 443 g/mol. The second-order valence-electron chi connectivity index (χ2n) is 6.73. The lowest BCUT2D eigenvalue weighted by Gasteiger charge is -2.14. The fraction of sp³-hybridized carbons (Fsp3) is 0.316. The van der Waals surface area contributed by atoms with Gasteiger partial charge in [0.1, 0.15) is 5.75 Å². The number of carbonyl (C=O) groups is 1. The van der Waals surface area contributed by atoms with Crippen LogP contribution in [0.15, 0.2) is 47.4 Å². The van der Waals surface area contributed by atoms with Gasteiger partial charge in [-0.15, -0.1) is 0 Å². The summed E-state index contributed by atoms with van der Waals surface area (Å²) in [5.41, 5.74) is -0.327. The summed E-state index contributed by atoms with van der Waals surface area (Å²) in [4.78, 5) is 12.2. The molecule has 0 spiro atoms. The Bertz CT molecular complexity index is 1020. The van der Waals surface area contributed by atoms with Gasteiger partial charge in [-0.05, 0) is 55.3 Å². The Morgan fingerprint density at radius 1 is 1.13 bits per heavy atom. The lowest BCUT2D eigenvalue weighted by molar-refractivity contribution is -0.137. The summed E-state index contributed by atoms with van der Waals surface area (Å²) < 4.78 is 70.3. The van der Waals surface area contributed by atoms with Crippen LogP contribution in [0.3, 0.4) is 0 Å². The maximum absolute atomic E-state index is 12.6. The van der Waals surface area contributed by atoms with Crippen molar-refractivity contribution in [2.24, 2.45) is 0 Å². The molecule has 0 unspecified atom stereocenters. The van der Waals surface area contributed by atoms with Crippen molar-refractivity contribution in [2.75, 3.05) is 24.3 Å². The number of anilines is 2. The molecule has 0 atom stereocenters. The first-order valence-corrected chi connectivity index (χ1v) is 10.5. The van der Waals surface area contributed by atoms with Crippen LogP contribution in [0.2, 0.25) is 0 Å². The molecule has 2 aromatic carbocycles. The van der Waals surface area contributed by atoms with Gasteiger partial charge in [0.05, 0.1) is 29.8 Å². The zero-order valence-electron chi connectivity index (χ0n) is 15.9. The zero-order chi connectivity index (χ0) is 21.9. The molecule has 1 saturated carbocycles. The molecule has 0 radical (unpaired) electrons. The molecule has 3 rings (SSSR count). The maximum atomic E-state index is 12.6. The largest absolute Gasteiger partial charge is 0.495 e. The topological polar surface area (TPSA) is 96.5 Å². The molecule has 0 aromatic heterocycles. The molecule has 162 valence electrons. The highest BCUT2D eigenvalue weighted by molar-refractivity contribution is 7.89. The van der Waals surface area contributed by atoms with E-state index < -0.39 is 27.7 Å². The molecular formula is C19H20F3N3O4S. The van der Waals surface area contributed by atoms with Crippen LogP contribution in [0.1, 0.15) is 18.4 Å². The number of nitrogens with one attached hydrogen (secondary N) is 3. The Kier molecular flexibility index (Phi) is 6.22. The summed E-state index contributed by atoms with van der Waals surface area (Å²) >= 11 is 0. The van der Waals surface area contributed by atoms with Crippen LogP contribution in [0.25, 0.3) is 0 Å². The van der Waals surface area contributed by atoms with Gasteiger partial charge in [-0.25, -0.2) is 13.1 Å². The highest BCUT2D eigenvalue weighted by atomic mass is 32.2. The van der Waals surface area contributed by atoms with Crippen molar-refractivity contribution in [3.63, 3.8) is 0 Å². The fourth-order valence-electron chi connectivity index (χ4n) is 2.60. The van der Waals surface area contributed by atoms with Crippen molar-refractivity contribution < 1.29 is 31.1 Å². The lowest BCUT2D eigenvalue weighted by Crippen LogP contribution is -2.26. The molecule has 1 fully saturated rings. The molecule has 1 aliphatic rings. The number of hydrogen-bond acceptors (Lipinski definition) is 5. The summed E-state index contributed by atoms with van der Waals surface area (Å²) in [6, 6.07) is 8.21. The van der Waals surface area contributed by atoms with Gasteiger partial charge >= 0.3 is 6.18 Å². The zero-order valence-corrected chi connectivity index (χ0v) is 16.7. The number of sulfonamides is 1. The maximum Gasteiger partial charge on any atom is 0.416 e. The first kappa shape index (κ1) is 21.9. The Labute approximate surface area is 171 Å². The SMILES string of the molecule is COc1ccc(S(=O)(=O)NC2CC2)cc1NCC(=O)Nc1ccc(C(F)(F)F)cc1. The molecule has 0 aliphatic heterocycles. The standard InChI is InChI=1S/C19H20F3N3O4S/c1-29-17-9-8-15(30(27,28)25-14-6-7-14)10-16(17)23-11-18(26)24-13-4-2-12(3-5-13)19(20,21)22/h2-5,8-10,14,23,25H,6-7,11H2,1H3,(H,24,26). The minimum atomic E-state index is -4.46. The summed E-state index contributed by atoms with van der Waals surface area (Å²) in [6.45, 7) is -0.253. The van der Waals surface area contributed by atoms with Crippen molar-refractivity contribution in [1.82, 2.24) is 4.72 Å². The molecule has 1 amide bonds. The highest BCUT2D eigenvalue weighted by Crippen LogP contribution is 2.30. The quantitative estimate of drug-likeness (QED) is 0.582. The minimum Gasteiger partial charge on any atom is -0.495 e. The number of ether oxygens (including phenoxy) is 1. The van der Waals surface area contributed by atoms with Crippen molar-refractivity contribution in [1.29, 1.82) is 0 Å². The summed E-state index contributed by atoms with van der Waals surface area (Å²) in [7, 11) is -2.28. The Morgan fingerprint density at radius 2 is 1.80 bits per heavy atom. The van der Waals surface area contributed by atoms with Crippen molar-refractivity contribution >= 4 is 27.3 Å².